The van der Waals surface area contributed by atoms with Gasteiger partial charge in [0, 0.05) is 31.0 Å². The number of rotatable bonds is 5. The minimum absolute atomic E-state index is 0.325. The van der Waals surface area contributed by atoms with Crippen LogP contribution in [0, 0.1) is 0 Å². The van der Waals surface area contributed by atoms with Crippen LogP contribution in [0.5, 0.6) is 0 Å². The zero-order valence-electron chi connectivity index (χ0n) is 30.4. The standard InChI is InChI=1S/C50H31N3O2S2/c54-49-47-37(32-22-26-35(27-23-32)51-39-14-4-8-18-43(39)56-44-19-9-5-15-40(44)51)30-31-38(48(47)50(55)53(49)34-12-2-1-3-13-34)33-24-28-36(29-25-33)52-41-16-6-10-20-45(41)57-46-21-11-7-17-42(46)52/h1-31H. The van der Waals surface area contributed by atoms with Crippen molar-refractivity contribution in [2.45, 2.75) is 19.6 Å². The van der Waals surface area contributed by atoms with Gasteiger partial charge in [-0.15, -0.1) is 0 Å². The van der Waals surface area contributed by atoms with Crippen LogP contribution in [0.2, 0.25) is 0 Å². The Morgan fingerprint density at radius 2 is 0.614 bits per heavy atom. The first kappa shape index (κ1) is 33.5. The topological polar surface area (TPSA) is 43.9 Å². The SMILES string of the molecule is O=C1c2c(-c3ccc(N4c5ccccc5Sc5ccccc54)cc3)ccc(-c3ccc(N4c5ccccc5Sc5ccccc54)cc3)c2C(=O)N1c1ccccc1. The second-order valence-electron chi connectivity index (χ2n) is 14.0. The molecule has 8 aromatic rings. The van der Waals surface area contributed by atoms with Gasteiger partial charge in [0.2, 0.25) is 0 Å². The third-order valence-corrected chi connectivity index (χ3v) is 13.1. The van der Waals surface area contributed by atoms with Gasteiger partial charge in [-0.1, -0.05) is 127 Å². The molecule has 0 bridgehead atoms. The lowest BCUT2D eigenvalue weighted by Gasteiger charge is -2.33. The van der Waals surface area contributed by atoms with Gasteiger partial charge in [0.1, 0.15) is 0 Å². The molecule has 57 heavy (non-hydrogen) atoms. The normalized spacial score (nSPS) is 13.8. The maximum Gasteiger partial charge on any atom is 0.266 e. The number of anilines is 7. The summed E-state index contributed by atoms with van der Waals surface area (Å²) in [6.07, 6.45) is 0. The lowest BCUT2D eigenvalue weighted by Crippen LogP contribution is -2.29. The number of fused-ring (bicyclic) bond motifs is 5. The van der Waals surface area contributed by atoms with E-state index in [-0.39, 0.29) is 11.8 Å². The average molecular weight is 770 g/mol. The van der Waals surface area contributed by atoms with E-state index in [9.17, 15) is 9.59 Å². The third kappa shape index (κ3) is 5.42. The highest BCUT2D eigenvalue weighted by molar-refractivity contribution is 8.00. The van der Waals surface area contributed by atoms with Gasteiger partial charge >= 0.3 is 0 Å². The molecule has 0 aliphatic carbocycles. The van der Waals surface area contributed by atoms with Crippen molar-refractivity contribution in [3.05, 3.63) is 199 Å². The summed E-state index contributed by atoms with van der Waals surface area (Å²) in [6.45, 7) is 0. The molecule has 0 atom stereocenters. The molecule has 3 heterocycles. The molecule has 270 valence electrons. The smallest absolute Gasteiger partial charge is 0.266 e. The van der Waals surface area contributed by atoms with E-state index < -0.39 is 0 Å². The molecule has 0 radical (unpaired) electrons. The molecular formula is C50H31N3O2S2. The van der Waals surface area contributed by atoms with Gasteiger partial charge in [0.25, 0.3) is 11.8 Å². The number of amides is 2. The fourth-order valence-electron chi connectivity index (χ4n) is 8.20. The maximum absolute atomic E-state index is 14.6. The van der Waals surface area contributed by atoms with Crippen LogP contribution in [-0.2, 0) is 0 Å². The fourth-order valence-corrected chi connectivity index (χ4v) is 10.3. The first-order valence-corrected chi connectivity index (χ1v) is 20.4. The van der Waals surface area contributed by atoms with Gasteiger partial charge in [-0.05, 0) is 107 Å². The number of hydrogen-bond acceptors (Lipinski definition) is 6. The Bertz CT molecular complexity index is 2640. The molecule has 8 aromatic carbocycles. The first-order valence-electron chi connectivity index (χ1n) is 18.8. The quantitative estimate of drug-likeness (QED) is 0.162. The molecule has 11 rings (SSSR count). The number of hydrogen-bond donors (Lipinski definition) is 0. The minimum Gasteiger partial charge on any atom is -0.308 e. The third-order valence-electron chi connectivity index (χ3n) is 10.8. The van der Waals surface area contributed by atoms with Gasteiger partial charge in [-0.25, -0.2) is 4.90 Å². The molecule has 0 N–H and O–H groups in total. The second-order valence-corrected chi connectivity index (χ2v) is 16.2. The van der Waals surface area contributed by atoms with Crippen molar-refractivity contribution in [1.82, 2.24) is 0 Å². The van der Waals surface area contributed by atoms with E-state index in [1.165, 1.54) is 24.5 Å². The number of carbonyl (C=O) groups is 2. The van der Waals surface area contributed by atoms with Crippen molar-refractivity contribution in [3.63, 3.8) is 0 Å². The summed E-state index contributed by atoms with van der Waals surface area (Å²) in [7, 11) is 0. The van der Waals surface area contributed by atoms with Crippen LogP contribution in [0.1, 0.15) is 20.7 Å². The molecule has 7 heteroatoms. The van der Waals surface area contributed by atoms with Crippen LogP contribution < -0.4 is 14.7 Å². The predicted molar refractivity (Wildman–Crippen MR) is 233 cm³/mol. The predicted octanol–water partition coefficient (Wildman–Crippen LogP) is 13.7. The molecule has 0 spiro atoms. The summed E-state index contributed by atoms with van der Waals surface area (Å²) in [5.74, 6) is -0.651. The minimum atomic E-state index is -0.325. The summed E-state index contributed by atoms with van der Waals surface area (Å²) < 4.78 is 0. The van der Waals surface area contributed by atoms with Crippen molar-refractivity contribution >= 4 is 75.1 Å². The Morgan fingerprint density at radius 1 is 0.298 bits per heavy atom. The van der Waals surface area contributed by atoms with Crippen LogP contribution >= 0.6 is 23.5 Å². The number of para-hydroxylation sites is 5. The van der Waals surface area contributed by atoms with Gasteiger partial charge in [0.15, 0.2) is 0 Å². The highest BCUT2D eigenvalue weighted by Gasteiger charge is 2.41. The van der Waals surface area contributed by atoms with E-state index in [2.05, 4.69) is 155 Å². The van der Waals surface area contributed by atoms with E-state index in [4.69, 9.17) is 0 Å². The van der Waals surface area contributed by atoms with Gasteiger partial charge in [-0.2, -0.15) is 0 Å². The van der Waals surface area contributed by atoms with E-state index in [1.807, 2.05) is 42.5 Å². The van der Waals surface area contributed by atoms with Crippen LogP contribution in [0.15, 0.2) is 208 Å². The Labute approximate surface area is 338 Å². The van der Waals surface area contributed by atoms with Gasteiger partial charge in [-0.3, -0.25) is 9.59 Å². The second kappa shape index (κ2) is 13.4. The Kier molecular flexibility index (Phi) is 7.91. The van der Waals surface area contributed by atoms with Crippen molar-refractivity contribution in [1.29, 1.82) is 0 Å². The molecule has 2 amide bonds. The van der Waals surface area contributed by atoms with Crippen molar-refractivity contribution < 1.29 is 9.59 Å². The first-order chi connectivity index (χ1) is 28.1. The van der Waals surface area contributed by atoms with Crippen molar-refractivity contribution in [2.75, 3.05) is 14.7 Å². The van der Waals surface area contributed by atoms with Crippen LogP contribution in [0.25, 0.3) is 22.3 Å². The molecule has 3 aliphatic rings. The summed E-state index contributed by atoms with van der Waals surface area (Å²) in [5, 5.41) is 0. The fraction of sp³-hybridized carbons (Fsp3) is 0. The van der Waals surface area contributed by atoms with Crippen LogP contribution in [-0.4, -0.2) is 11.8 Å². The highest BCUT2D eigenvalue weighted by atomic mass is 32.2. The van der Waals surface area contributed by atoms with E-state index in [0.717, 1.165) is 56.4 Å². The maximum atomic E-state index is 14.6. The largest absolute Gasteiger partial charge is 0.308 e. The van der Waals surface area contributed by atoms with Gasteiger partial charge in [0.05, 0.1) is 39.6 Å². The molecule has 0 aromatic heterocycles. The Hall–Kier alpha value is -6.80. The monoisotopic (exact) mass is 769 g/mol. The molecule has 5 nitrogen and oxygen atoms in total. The number of nitrogens with zero attached hydrogens (tertiary/aromatic N) is 3. The average Bonchev–Trinajstić information content (AvgIpc) is 3.54. The molecule has 0 fully saturated rings. The molecule has 0 saturated heterocycles. The summed E-state index contributed by atoms with van der Waals surface area (Å²) >= 11 is 3.55. The van der Waals surface area contributed by atoms with E-state index >= 15 is 0 Å². The van der Waals surface area contributed by atoms with E-state index in [1.54, 1.807) is 23.5 Å². The van der Waals surface area contributed by atoms with E-state index in [0.29, 0.717) is 16.8 Å². The molecular weight excluding hydrogens is 739 g/mol. The molecule has 3 aliphatic heterocycles. The lowest BCUT2D eigenvalue weighted by molar-refractivity contribution is 0.0926. The highest BCUT2D eigenvalue weighted by Crippen LogP contribution is 2.53. The molecule has 0 unspecified atom stereocenters. The zero-order valence-corrected chi connectivity index (χ0v) is 32.0. The Balaban J connectivity index is 1.01. The van der Waals surface area contributed by atoms with Crippen LogP contribution in [0.3, 0.4) is 0 Å². The summed E-state index contributed by atoms with van der Waals surface area (Å²) in [4.78, 5) is 39.8. The number of carbonyl (C=O) groups excluding carboxylic acids is 2. The number of benzene rings is 8. The lowest BCUT2D eigenvalue weighted by atomic mass is 9.90. The van der Waals surface area contributed by atoms with Crippen molar-refractivity contribution in [2.24, 2.45) is 0 Å². The van der Waals surface area contributed by atoms with Crippen LogP contribution in [0.4, 0.5) is 39.8 Å². The Morgan fingerprint density at radius 3 is 0.982 bits per heavy atom. The summed E-state index contributed by atoms with van der Waals surface area (Å²) in [6, 6.07) is 63.6. The molecule has 0 saturated carbocycles. The van der Waals surface area contributed by atoms with Crippen molar-refractivity contribution in [3.8, 4) is 22.3 Å². The summed E-state index contributed by atoms with van der Waals surface area (Å²) in [5.41, 5.74) is 11.1. The van der Waals surface area contributed by atoms with Gasteiger partial charge < -0.3 is 9.80 Å². The number of imide groups is 1. The zero-order chi connectivity index (χ0) is 38.0.